The van der Waals surface area contributed by atoms with Crippen LogP contribution in [0, 0.1) is 0 Å². The molecule has 0 fully saturated rings. The number of nitrogens with zero attached hydrogens (tertiary/aromatic N) is 1. The first-order valence-corrected chi connectivity index (χ1v) is 4.53. The molecule has 2 heteroatoms. The van der Waals surface area contributed by atoms with Crippen LogP contribution >= 0.6 is 0 Å². The Morgan fingerprint density at radius 3 is 2.64 bits per heavy atom. The van der Waals surface area contributed by atoms with Crippen LogP contribution in [0.2, 0.25) is 0 Å². The minimum absolute atomic E-state index is 0.138. The topological polar surface area (TPSA) is 35.4 Å². The van der Waals surface area contributed by atoms with Crippen molar-refractivity contribution in [2.75, 3.05) is 0 Å². The summed E-state index contributed by atoms with van der Waals surface area (Å²) in [7, 11) is 0. The Morgan fingerprint density at radius 1 is 1.21 bits per heavy atom. The number of benzene rings is 1. The summed E-state index contributed by atoms with van der Waals surface area (Å²) < 4.78 is 0. The number of aliphatic imine (C=N–C) groups is 1. The van der Waals surface area contributed by atoms with Crippen molar-refractivity contribution in [3.05, 3.63) is 54.1 Å². The molecular formula is C12H10NO-. The van der Waals surface area contributed by atoms with Crippen LogP contribution in [0.25, 0.3) is 0 Å². The Morgan fingerprint density at radius 2 is 2.00 bits per heavy atom. The van der Waals surface area contributed by atoms with Crippen molar-refractivity contribution in [1.82, 2.24) is 0 Å². The first kappa shape index (κ1) is 8.75. The van der Waals surface area contributed by atoms with Gasteiger partial charge in [-0.2, -0.15) is 0 Å². The highest BCUT2D eigenvalue weighted by Gasteiger charge is 1.98. The molecule has 2 nitrogen and oxygen atoms in total. The zero-order valence-corrected chi connectivity index (χ0v) is 7.68. The van der Waals surface area contributed by atoms with E-state index in [1.807, 2.05) is 48.6 Å². The van der Waals surface area contributed by atoms with Crippen molar-refractivity contribution in [1.29, 1.82) is 0 Å². The standard InChI is InChI=1S/C12H11NO/c14-12(10-6-4-5-7-10)13-11-8-2-1-3-9-11/h1-6,8-9H,7H2,(H,13,14)/p-1. The van der Waals surface area contributed by atoms with Gasteiger partial charge in [0.2, 0.25) is 0 Å². The van der Waals surface area contributed by atoms with Gasteiger partial charge >= 0.3 is 0 Å². The molecule has 0 aromatic heterocycles. The Hall–Kier alpha value is -1.83. The molecule has 0 saturated carbocycles. The van der Waals surface area contributed by atoms with Crippen molar-refractivity contribution in [3.8, 4) is 0 Å². The molecule has 2 rings (SSSR count). The third-order valence-electron chi connectivity index (χ3n) is 2.03. The van der Waals surface area contributed by atoms with Crippen LogP contribution in [0.3, 0.4) is 0 Å². The van der Waals surface area contributed by atoms with Gasteiger partial charge in [-0.25, -0.2) is 0 Å². The van der Waals surface area contributed by atoms with E-state index in [-0.39, 0.29) is 5.90 Å². The lowest BCUT2D eigenvalue weighted by Crippen LogP contribution is -2.18. The van der Waals surface area contributed by atoms with Crippen LogP contribution in [-0.2, 0) is 0 Å². The van der Waals surface area contributed by atoms with E-state index in [0.29, 0.717) is 12.1 Å². The average molecular weight is 184 g/mol. The van der Waals surface area contributed by atoms with E-state index in [1.165, 1.54) is 0 Å². The average Bonchev–Trinajstić information content (AvgIpc) is 2.72. The van der Waals surface area contributed by atoms with E-state index in [9.17, 15) is 5.11 Å². The number of hydrogen-bond acceptors (Lipinski definition) is 2. The molecule has 0 heterocycles. The molecule has 70 valence electrons. The van der Waals surface area contributed by atoms with E-state index < -0.39 is 0 Å². The Kier molecular flexibility index (Phi) is 2.45. The predicted octanol–water partition coefficient (Wildman–Crippen LogP) is 1.96. The first-order chi connectivity index (χ1) is 6.86. The van der Waals surface area contributed by atoms with Gasteiger partial charge in [-0.15, -0.1) is 0 Å². The van der Waals surface area contributed by atoms with Crippen LogP contribution in [0.5, 0.6) is 0 Å². The highest BCUT2D eigenvalue weighted by molar-refractivity contribution is 5.93. The van der Waals surface area contributed by atoms with Crippen LogP contribution in [-0.4, -0.2) is 5.90 Å². The Labute approximate surface area is 82.9 Å². The second-order valence-corrected chi connectivity index (χ2v) is 3.08. The molecule has 0 spiro atoms. The highest BCUT2D eigenvalue weighted by Crippen LogP contribution is 2.15. The van der Waals surface area contributed by atoms with Crippen LogP contribution in [0.15, 0.2) is 59.1 Å². The molecule has 0 radical (unpaired) electrons. The van der Waals surface area contributed by atoms with Crippen LogP contribution in [0.1, 0.15) is 6.42 Å². The molecule has 0 N–H and O–H groups in total. The third-order valence-corrected chi connectivity index (χ3v) is 2.03. The van der Waals surface area contributed by atoms with Gasteiger partial charge in [-0.05, 0) is 30.0 Å². The van der Waals surface area contributed by atoms with Crippen molar-refractivity contribution >= 4 is 11.6 Å². The minimum Gasteiger partial charge on any atom is -0.858 e. The maximum atomic E-state index is 11.5. The summed E-state index contributed by atoms with van der Waals surface area (Å²) in [6, 6.07) is 9.28. The molecule has 0 atom stereocenters. The fourth-order valence-electron chi connectivity index (χ4n) is 1.30. The summed E-state index contributed by atoms with van der Waals surface area (Å²) in [5.41, 5.74) is 1.47. The zero-order chi connectivity index (χ0) is 9.80. The minimum atomic E-state index is -0.138. The molecule has 0 aliphatic heterocycles. The molecule has 0 amide bonds. The molecule has 14 heavy (non-hydrogen) atoms. The van der Waals surface area contributed by atoms with E-state index in [4.69, 9.17) is 0 Å². The molecule has 1 aliphatic carbocycles. The molecule has 1 aromatic rings. The van der Waals surface area contributed by atoms with Crippen molar-refractivity contribution < 1.29 is 5.11 Å². The summed E-state index contributed by atoms with van der Waals surface area (Å²) in [6.45, 7) is 0. The van der Waals surface area contributed by atoms with Gasteiger partial charge in [-0.1, -0.05) is 36.4 Å². The van der Waals surface area contributed by atoms with Gasteiger partial charge < -0.3 is 5.11 Å². The summed E-state index contributed by atoms with van der Waals surface area (Å²) >= 11 is 0. The third kappa shape index (κ3) is 1.91. The van der Waals surface area contributed by atoms with E-state index in [1.54, 1.807) is 0 Å². The molecule has 0 bridgehead atoms. The fraction of sp³-hybridized carbons (Fsp3) is 0.0833. The normalized spacial score (nSPS) is 15.7. The smallest absolute Gasteiger partial charge is 0.0622 e. The maximum Gasteiger partial charge on any atom is 0.0622 e. The zero-order valence-electron chi connectivity index (χ0n) is 7.68. The lowest BCUT2D eigenvalue weighted by Gasteiger charge is -2.11. The molecule has 0 unspecified atom stereocenters. The van der Waals surface area contributed by atoms with Crippen molar-refractivity contribution in [2.45, 2.75) is 6.42 Å². The lowest BCUT2D eigenvalue weighted by atomic mass is 10.2. The van der Waals surface area contributed by atoms with Gasteiger partial charge in [0.25, 0.3) is 0 Å². The largest absolute Gasteiger partial charge is 0.858 e. The molecule has 1 aliphatic rings. The van der Waals surface area contributed by atoms with Gasteiger partial charge in [0.15, 0.2) is 0 Å². The number of hydrogen-bond donors (Lipinski definition) is 0. The predicted molar refractivity (Wildman–Crippen MR) is 55.4 cm³/mol. The van der Waals surface area contributed by atoms with E-state index >= 15 is 0 Å². The van der Waals surface area contributed by atoms with E-state index in [2.05, 4.69) is 4.99 Å². The second kappa shape index (κ2) is 3.92. The number of allylic oxidation sites excluding steroid dienone is 3. The summed E-state index contributed by atoms with van der Waals surface area (Å²) in [5.74, 6) is -0.138. The van der Waals surface area contributed by atoms with Gasteiger partial charge in [-0.3, -0.25) is 4.99 Å². The SMILES string of the molecule is [O-]C(=Nc1ccccc1)C1=CC=CC1. The van der Waals surface area contributed by atoms with E-state index in [0.717, 1.165) is 5.57 Å². The number of rotatable bonds is 2. The number of para-hydroxylation sites is 1. The summed E-state index contributed by atoms with van der Waals surface area (Å²) in [4.78, 5) is 3.99. The summed E-state index contributed by atoms with van der Waals surface area (Å²) in [5, 5.41) is 11.5. The van der Waals surface area contributed by atoms with Crippen molar-refractivity contribution in [3.63, 3.8) is 0 Å². The molecule has 0 saturated heterocycles. The van der Waals surface area contributed by atoms with Gasteiger partial charge in [0, 0.05) is 0 Å². The van der Waals surface area contributed by atoms with Crippen molar-refractivity contribution in [2.24, 2.45) is 4.99 Å². The Balaban J connectivity index is 2.19. The van der Waals surface area contributed by atoms with Gasteiger partial charge in [0.05, 0.1) is 5.69 Å². The quantitative estimate of drug-likeness (QED) is 0.511. The maximum absolute atomic E-state index is 11.5. The molecular weight excluding hydrogens is 174 g/mol. The lowest BCUT2D eigenvalue weighted by molar-refractivity contribution is -0.213. The Bertz CT molecular complexity index is 402. The monoisotopic (exact) mass is 184 g/mol. The highest BCUT2D eigenvalue weighted by atomic mass is 16.3. The van der Waals surface area contributed by atoms with Gasteiger partial charge in [0.1, 0.15) is 0 Å². The fourth-order valence-corrected chi connectivity index (χ4v) is 1.30. The second-order valence-electron chi connectivity index (χ2n) is 3.08. The summed E-state index contributed by atoms with van der Waals surface area (Å²) in [6.07, 6.45) is 6.35. The molecule has 1 aromatic carbocycles. The van der Waals surface area contributed by atoms with Crippen LogP contribution < -0.4 is 5.11 Å². The van der Waals surface area contributed by atoms with Crippen LogP contribution in [0.4, 0.5) is 5.69 Å². The first-order valence-electron chi connectivity index (χ1n) is 4.53.